The number of hydrogen-bond donors (Lipinski definition) is 0. The summed E-state index contributed by atoms with van der Waals surface area (Å²) in [7, 11) is 0. The van der Waals surface area contributed by atoms with E-state index in [0.717, 1.165) is 42.3 Å². The topological polar surface area (TPSA) is 44.1 Å². The number of benzene rings is 2. The summed E-state index contributed by atoms with van der Waals surface area (Å²) in [5.41, 5.74) is 2.22. The first-order chi connectivity index (χ1) is 12.1. The minimum Gasteiger partial charge on any atom is -0.427 e. The van der Waals surface area contributed by atoms with E-state index in [0.29, 0.717) is 11.3 Å². The molecule has 2 aromatic carbocycles. The van der Waals surface area contributed by atoms with Crippen LogP contribution in [0.5, 0.6) is 5.75 Å². The molecule has 0 saturated heterocycles. The minimum absolute atomic E-state index is 0.236. The Morgan fingerprint density at radius 3 is 2.56 bits per heavy atom. The fourth-order valence-corrected chi connectivity index (χ4v) is 3.62. The maximum absolute atomic E-state index is 14.5. The van der Waals surface area contributed by atoms with Gasteiger partial charge in [-0.15, -0.1) is 0 Å². The van der Waals surface area contributed by atoms with Gasteiger partial charge in [-0.25, -0.2) is 4.39 Å². The Morgan fingerprint density at radius 2 is 1.88 bits per heavy atom. The zero-order valence-electron chi connectivity index (χ0n) is 14.0. The van der Waals surface area contributed by atoms with Gasteiger partial charge in [0.25, 0.3) is 0 Å². The Morgan fingerprint density at radius 1 is 1.16 bits per heavy atom. The standard InChI is InChI=1S/C20H19FN2O2/c1-13(24)25-16-11-9-14(10-12-16)19-17-7-4-8-18(21)20(17)23(22-19)15-5-2-3-6-15/h4,7-12,15H,2-3,5-6H2,1H3. The summed E-state index contributed by atoms with van der Waals surface area (Å²) in [4.78, 5) is 11.1. The van der Waals surface area contributed by atoms with Crippen molar-refractivity contribution in [1.82, 2.24) is 9.78 Å². The lowest BCUT2D eigenvalue weighted by molar-refractivity contribution is -0.131. The SMILES string of the molecule is CC(=O)Oc1ccc(-c2nn(C3CCCC3)c3c(F)cccc23)cc1. The van der Waals surface area contributed by atoms with Crippen LogP contribution in [0.15, 0.2) is 42.5 Å². The summed E-state index contributed by atoms with van der Waals surface area (Å²) in [5.74, 6) is -0.104. The number of fused-ring (bicyclic) bond motifs is 1. The smallest absolute Gasteiger partial charge is 0.308 e. The van der Waals surface area contributed by atoms with Gasteiger partial charge in [-0.2, -0.15) is 5.10 Å². The van der Waals surface area contributed by atoms with Crippen LogP contribution in [0.1, 0.15) is 38.6 Å². The number of carbonyl (C=O) groups is 1. The van der Waals surface area contributed by atoms with Gasteiger partial charge in [0.05, 0.1) is 6.04 Å². The van der Waals surface area contributed by atoms with Gasteiger partial charge < -0.3 is 4.74 Å². The average molecular weight is 338 g/mol. The number of halogens is 1. The van der Waals surface area contributed by atoms with Gasteiger partial charge in [0, 0.05) is 17.9 Å². The highest BCUT2D eigenvalue weighted by molar-refractivity contribution is 5.93. The van der Waals surface area contributed by atoms with Crippen LogP contribution in [-0.2, 0) is 4.79 Å². The van der Waals surface area contributed by atoms with Crippen LogP contribution >= 0.6 is 0 Å². The van der Waals surface area contributed by atoms with Crippen molar-refractivity contribution >= 4 is 16.9 Å². The molecule has 4 nitrogen and oxygen atoms in total. The molecule has 1 aliphatic rings. The molecule has 1 fully saturated rings. The summed E-state index contributed by atoms with van der Waals surface area (Å²) in [6, 6.07) is 12.5. The van der Waals surface area contributed by atoms with Crippen molar-refractivity contribution in [2.75, 3.05) is 0 Å². The minimum atomic E-state index is -0.356. The molecule has 0 amide bonds. The van der Waals surface area contributed by atoms with E-state index in [4.69, 9.17) is 9.84 Å². The maximum Gasteiger partial charge on any atom is 0.308 e. The molecule has 1 aromatic heterocycles. The molecule has 0 N–H and O–H groups in total. The van der Waals surface area contributed by atoms with Crippen molar-refractivity contribution in [3.05, 3.63) is 48.3 Å². The third-order valence-electron chi connectivity index (χ3n) is 4.74. The van der Waals surface area contributed by atoms with E-state index in [1.807, 2.05) is 22.9 Å². The van der Waals surface area contributed by atoms with Crippen LogP contribution in [0.25, 0.3) is 22.2 Å². The van der Waals surface area contributed by atoms with Crippen molar-refractivity contribution in [2.45, 2.75) is 38.6 Å². The van der Waals surface area contributed by atoms with Crippen molar-refractivity contribution in [3.8, 4) is 17.0 Å². The first-order valence-electron chi connectivity index (χ1n) is 8.59. The van der Waals surface area contributed by atoms with Gasteiger partial charge in [0.15, 0.2) is 0 Å². The number of para-hydroxylation sites is 1. The van der Waals surface area contributed by atoms with E-state index >= 15 is 0 Å². The molecule has 1 aliphatic carbocycles. The summed E-state index contributed by atoms with van der Waals surface area (Å²) >= 11 is 0. The van der Waals surface area contributed by atoms with Gasteiger partial charge >= 0.3 is 5.97 Å². The van der Waals surface area contributed by atoms with Crippen LogP contribution in [0, 0.1) is 5.82 Å². The van der Waals surface area contributed by atoms with Gasteiger partial charge in [-0.3, -0.25) is 9.48 Å². The monoisotopic (exact) mass is 338 g/mol. The molecule has 128 valence electrons. The second kappa shape index (κ2) is 6.31. The Labute approximate surface area is 145 Å². The van der Waals surface area contributed by atoms with Crippen molar-refractivity contribution < 1.29 is 13.9 Å². The number of ether oxygens (including phenoxy) is 1. The molecule has 0 spiro atoms. The van der Waals surface area contributed by atoms with Crippen LogP contribution in [0.4, 0.5) is 4.39 Å². The first kappa shape index (κ1) is 15.8. The number of esters is 1. The highest BCUT2D eigenvalue weighted by atomic mass is 19.1. The van der Waals surface area contributed by atoms with E-state index in [1.165, 1.54) is 13.0 Å². The highest BCUT2D eigenvalue weighted by Crippen LogP contribution is 2.36. The first-order valence-corrected chi connectivity index (χ1v) is 8.59. The predicted octanol–water partition coefficient (Wildman–Crippen LogP) is 4.88. The third-order valence-corrected chi connectivity index (χ3v) is 4.74. The Hall–Kier alpha value is -2.69. The number of nitrogens with zero attached hydrogens (tertiary/aromatic N) is 2. The highest BCUT2D eigenvalue weighted by Gasteiger charge is 2.23. The van der Waals surface area contributed by atoms with E-state index in [1.54, 1.807) is 18.2 Å². The second-order valence-electron chi connectivity index (χ2n) is 6.49. The lowest BCUT2D eigenvalue weighted by atomic mass is 10.1. The Balaban J connectivity index is 1.82. The molecule has 5 heteroatoms. The molecule has 0 bridgehead atoms. The fourth-order valence-electron chi connectivity index (χ4n) is 3.62. The zero-order chi connectivity index (χ0) is 17.4. The van der Waals surface area contributed by atoms with Crippen LogP contribution in [-0.4, -0.2) is 15.7 Å². The lowest BCUT2D eigenvalue weighted by Crippen LogP contribution is -2.07. The largest absolute Gasteiger partial charge is 0.427 e. The molecule has 0 aliphatic heterocycles. The number of rotatable bonds is 3. The molecular weight excluding hydrogens is 319 g/mol. The van der Waals surface area contributed by atoms with Crippen LogP contribution in [0.2, 0.25) is 0 Å². The van der Waals surface area contributed by atoms with E-state index in [9.17, 15) is 9.18 Å². The predicted molar refractivity (Wildman–Crippen MR) is 93.9 cm³/mol. The number of carbonyl (C=O) groups excluding carboxylic acids is 1. The molecule has 1 heterocycles. The van der Waals surface area contributed by atoms with E-state index in [2.05, 4.69) is 0 Å². The van der Waals surface area contributed by atoms with Gasteiger partial charge in [-0.05, 0) is 43.2 Å². The average Bonchev–Trinajstić information content (AvgIpc) is 3.23. The second-order valence-corrected chi connectivity index (χ2v) is 6.49. The molecule has 0 radical (unpaired) electrons. The van der Waals surface area contributed by atoms with Gasteiger partial charge in [0.1, 0.15) is 22.8 Å². The number of hydrogen-bond acceptors (Lipinski definition) is 3. The molecule has 1 saturated carbocycles. The fraction of sp³-hybridized carbons (Fsp3) is 0.300. The van der Waals surface area contributed by atoms with Crippen molar-refractivity contribution in [3.63, 3.8) is 0 Å². The van der Waals surface area contributed by atoms with Crippen LogP contribution in [0.3, 0.4) is 0 Å². The summed E-state index contributed by atoms with van der Waals surface area (Å²) in [6.45, 7) is 1.37. The number of aromatic nitrogens is 2. The van der Waals surface area contributed by atoms with Gasteiger partial charge in [-0.1, -0.05) is 25.0 Å². The quantitative estimate of drug-likeness (QED) is 0.505. The molecule has 25 heavy (non-hydrogen) atoms. The van der Waals surface area contributed by atoms with Gasteiger partial charge in [0.2, 0.25) is 0 Å². The van der Waals surface area contributed by atoms with E-state index < -0.39 is 0 Å². The summed E-state index contributed by atoms with van der Waals surface area (Å²) in [6.07, 6.45) is 4.39. The zero-order valence-corrected chi connectivity index (χ0v) is 14.0. The normalized spacial score (nSPS) is 15.0. The van der Waals surface area contributed by atoms with Crippen molar-refractivity contribution in [1.29, 1.82) is 0 Å². The Kier molecular flexibility index (Phi) is 3.99. The summed E-state index contributed by atoms with van der Waals surface area (Å²) in [5, 5.41) is 5.57. The third kappa shape index (κ3) is 2.90. The van der Waals surface area contributed by atoms with E-state index in [-0.39, 0.29) is 17.8 Å². The molecule has 3 aromatic rings. The molecule has 0 atom stereocenters. The Bertz CT molecular complexity index is 925. The van der Waals surface area contributed by atoms with Crippen LogP contribution < -0.4 is 4.74 Å². The molecule has 0 unspecified atom stereocenters. The molecular formula is C20H19FN2O2. The summed E-state index contributed by atoms with van der Waals surface area (Å²) < 4.78 is 21.5. The lowest BCUT2D eigenvalue weighted by Gasteiger charge is -2.11. The molecule has 4 rings (SSSR count). The maximum atomic E-state index is 14.5. The van der Waals surface area contributed by atoms with Crippen molar-refractivity contribution in [2.24, 2.45) is 0 Å².